The lowest BCUT2D eigenvalue weighted by atomic mass is 10.0. The second-order valence-electron chi connectivity index (χ2n) is 4.37. The number of rotatable bonds is 1. The molecule has 1 aliphatic rings. The molecule has 0 bridgehead atoms. The minimum Gasteiger partial charge on any atom is -0.367 e. The van der Waals surface area contributed by atoms with Crippen LogP contribution in [0, 0.1) is 0 Å². The van der Waals surface area contributed by atoms with E-state index in [1.54, 1.807) is 18.0 Å². The van der Waals surface area contributed by atoms with E-state index in [9.17, 15) is 4.79 Å². The average molecular weight is 243 g/mol. The van der Waals surface area contributed by atoms with E-state index in [1.807, 2.05) is 18.2 Å². The Hall–Kier alpha value is -2.30. The molecule has 1 aliphatic heterocycles. The van der Waals surface area contributed by atoms with Crippen molar-refractivity contribution in [1.82, 2.24) is 5.16 Å². The van der Waals surface area contributed by atoms with Crippen LogP contribution in [0.1, 0.15) is 12.5 Å². The third kappa shape index (κ3) is 1.55. The van der Waals surface area contributed by atoms with Gasteiger partial charge >= 0.3 is 0 Å². The summed E-state index contributed by atoms with van der Waals surface area (Å²) in [7, 11) is 0. The lowest BCUT2D eigenvalue weighted by molar-refractivity contribution is -0.116. The summed E-state index contributed by atoms with van der Waals surface area (Å²) >= 11 is 0. The molecule has 0 saturated carbocycles. The van der Waals surface area contributed by atoms with E-state index < -0.39 is 0 Å². The van der Waals surface area contributed by atoms with Gasteiger partial charge in [0.2, 0.25) is 11.8 Å². The number of aromatic nitrogens is 1. The van der Waals surface area contributed by atoms with Crippen LogP contribution in [0.2, 0.25) is 0 Å². The molecular formula is C13H13N3O2. The zero-order valence-corrected chi connectivity index (χ0v) is 10.0. The van der Waals surface area contributed by atoms with Crippen LogP contribution in [0.4, 0.5) is 11.6 Å². The smallest absolute Gasteiger partial charge is 0.229 e. The van der Waals surface area contributed by atoms with Crippen LogP contribution in [0.25, 0.3) is 11.1 Å². The number of carbonyl (C=O) groups is 1. The van der Waals surface area contributed by atoms with Gasteiger partial charge in [0.15, 0.2) is 0 Å². The Morgan fingerprint density at radius 2 is 2.33 bits per heavy atom. The van der Waals surface area contributed by atoms with Gasteiger partial charge in [0.1, 0.15) is 0 Å². The molecule has 0 saturated heterocycles. The van der Waals surface area contributed by atoms with Crippen molar-refractivity contribution in [3.8, 4) is 11.1 Å². The number of hydrogen-bond acceptors (Lipinski definition) is 4. The fourth-order valence-electron chi connectivity index (χ4n) is 2.36. The van der Waals surface area contributed by atoms with E-state index in [0.717, 1.165) is 35.3 Å². The van der Waals surface area contributed by atoms with Crippen molar-refractivity contribution in [2.75, 3.05) is 17.2 Å². The first kappa shape index (κ1) is 10.8. The molecule has 0 atom stereocenters. The van der Waals surface area contributed by atoms with Gasteiger partial charge in [-0.3, -0.25) is 4.79 Å². The first-order valence-electron chi connectivity index (χ1n) is 5.78. The average Bonchev–Trinajstić information content (AvgIpc) is 2.93. The minimum atomic E-state index is 0.0750. The molecule has 5 nitrogen and oxygen atoms in total. The lowest BCUT2D eigenvalue weighted by Gasteiger charge is -2.14. The Bertz CT molecular complexity index is 618. The molecule has 1 aromatic heterocycles. The maximum Gasteiger partial charge on any atom is 0.229 e. The highest BCUT2D eigenvalue weighted by Gasteiger charge is 2.22. The van der Waals surface area contributed by atoms with Crippen molar-refractivity contribution in [1.29, 1.82) is 0 Å². The zero-order valence-electron chi connectivity index (χ0n) is 10.0. The van der Waals surface area contributed by atoms with Crippen molar-refractivity contribution in [3.05, 3.63) is 30.0 Å². The summed E-state index contributed by atoms with van der Waals surface area (Å²) in [4.78, 5) is 13.2. The molecule has 92 valence electrons. The topological polar surface area (TPSA) is 72.4 Å². The Morgan fingerprint density at radius 3 is 3.00 bits per heavy atom. The number of anilines is 2. The summed E-state index contributed by atoms with van der Waals surface area (Å²) in [6, 6.07) is 5.93. The molecule has 0 aliphatic carbocycles. The Balaban J connectivity index is 2.04. The van der Waals surface area contributed by atoms with Crippen LogP contribution in [0.5, 0.6) is 0 Å². The van der Waals surface area contributed by atoms with E-state index in [-0.39, 0.29) is 5.91 Å². The highest BCUT2D eigenvalue weighted by molar-refractivity contribution is 5.94. The van der Waals surface area contributed by atoms with Gasteiger partial charge in [-0.05, 0) is 29.7 Å². The van der Waals surface area contributed by atoms with E-state index in [1.165, 1.54) is 0 Å². The highest BCUT2D eigenvalue weighted by atomic mass is 16.5. The van der Waals surface area contributed by atoms with Crippen LogP contribution < -0.4 is 10.6 Å². The van der Waals surface area contributed by atoms with Crippen molar-refractivity contribution >= 4 is 17.5 Å². The van der Waals surface area contributed by atoms with E-state index in [0.29, 0.717) is 5.88 Å². The molecular weight excluding hydrogens is 230 g/mol. The van der Waals surface area contributed by atoms with Gasteiger partial charge in [-0.15, -0.1) is 0 Å². The molecule has 3 rings (SSSR count). The van der Waals surface area contributed by atoms with Gasteiger partial charge in [-0.25, -0.2) is 0 Å². The fourth-order valence-corrected chi connectivity index (χ4v) is 2.36. The molecule has 1 amide bonds. The Kier molecular flexibility index (Phi) is 2.33. The molecule has 1 aromatic carbocycles. The number of nitrogens with zero attached hydrogens (tertiary/aromatic N) is 2. The first-order chi connectivity index (χ1) is 8.66. The van der Waals surface area contributed by atoms with Crippen LogP contribution in [-0.2, 0) is 11.2 Å². The SMILES string of the molecule is CC(=O)N1CCc2cc(-c3cnoc3N)ccc21. The maximum atomic E-state index is 11.5. The van der Waals surface area contributed by atoms with Gasteiger partial charge in [0.25, 0.3) is 0 Å². The van der Waals surface area contributed by atoms with Gasteiger partial charge < -0.3 is 15.2 Å². The minimum absolute atomic E-state index is 0.0750. The molecule has 0 fully saturated rings. The number of benzene rings is 1. The zero-order chi connectivity index (χ0) is 12.7. The predicted molar refractivity (Wildman–Crippen MR) is 68.1 cm³/mol. The van der Waals surface area contributed by atoms with Crippen LogP contribution >= 0.6 is 0 Å². The number of hydrogen-bond donors (Lipinski definition) is 1. The Labute approximate surface area is 104 Å². The second-order valence-corrected chi connectivity index (χ2v) is 4.37. The van der Waals surface area contributed by atoms with Gasteiger partial charge in [0.05, 0.1) is 11.8 Å². The molecule has 18 heavy (non-hydrogen) atoms. The molecule has 5 heteroatoms. The van der Waals surface area contributed by atoms with Gasteiger partial charge in [-0.1, -0.05) is 11.2 Å². The van der Waals surface area contributed by atoms with Crippen LogP contribution in [0.15, 0.2) is 28.9 Å². The molecule has 0 unspecified atom stereocenters. The third-order valence-electron chi connectivity index (χ3n) is 3.26. The first-order valence-corrected chi connectivity index (χ1v) is 5.78. The number of fused-ring (bicyclic) bond motifs is 1. The third-order valence-corrected chi connectivity index (χ3v) is 3.26. The summed E-state index contributed by atoms with van der Waals surface area (Å²) in [6.45, 7) is 2.33. The van der Waals surface area contributed by atoms with Crippen molar-refractivity contribution in [2.45, 2.75) is 13.3 Å². The maximum absolute atomic E-state index is 11.5. The van der Waals surface area contributed by atoms with E-state index >= 15 is 0 Å². The molecule has 2 heterocycles. The normalized spacial score (nSPS) is 13.7. The molecule has 0 radical (unpaired) electrons. The summed E-state index contributed by atoms with van der Waals surface area (Å²) in [5.74, 6) is 0.391. The Morgan fingerprint density at radius 1 is 1.50 bits per heavy atom. The summed E-state index contributed by atoms with van der Waals surface area (Å²) < 4.78 is 4.86. The summed E-state index contributed by atoms with van der Waals surface area (Å²) in [6.07, 6.45) is 2.47. The summed E-state index contributed by atoms with van der Waals surface area (Å²) in [5.41, 5.74) is 9.60. The van der Waals surface area contributed by atoms with Crippen molar-refractivity contribution < 1.29 is 9.32 Å². The fraction of sp³-hybridized carbons (Fsp3) is 0.231. The van der Waals surface area contributed by atoms with Crippen molar-refractivity contribution in [3.63, 3.8) is 0 Å². The van der Waals surface area contributed by atoms with Crippen molar-refractivity contribution in [2.24, 2.45) is 0 Å². The van der Waals surface area contributed by atoms with Crippen LogP contribution in [-0.4, -0.2) is 17.6 Å². The van der Waals surface area contributed by atoms with Crippen LogP contribution in [0.3, 0.4) is 0 Å². The number of amides is 1. The summed E-state index contributed by atoms with van der Waals surface area (Å²) in [5, 5.41) is 3.67. The largest absolute Gasteiger partial charge is 0.367 e. The second kappa shape index (κ2) is 3.87. The monoisotopic (exact) mass is 243 g/mol. The van der Waals surface area contributed by atoms with Gasteiger partial charge in [0, 0.05) is 19.2 Å². The number of nitrogens with two attached hydrogens (primary N) is 1. The number of nitrogen functional groups attached to an aromatic ring is 1. The quantitative estimate of drug-likeness (QED) is 0.829. The number of carbonyl (C=O) groups excluding carboxylic acids is 1. The van der Waals surface area contributed by atoms with E-state index in [4.69, 9.17) is 10.3 Å². The highest BCUT2D eigenvalue weighted by Crippen LogP contribution is 2.34. The standard InChI is InChI=1S/C13H13N3O2/c1-8(17)16-5-4-10-6-9(2-3-12(10)16)11-7-15-18-13(11)14/h2-3,6-7H,4-5,14H2,1H3. The van der Waals surface area contributed by atoms with E-state index in [2.05, 4.69) is 5.16 Å². The molecule has 2 N–H and O–H groups in total. The predicted octanol–water partition coefficient (Wildman–Crippen LogP) is 1.83. The lowest BCUT2D eigenvalue weighted by Crippen LogP contribution is -2.25. The van der Waals surface area contributed by atoms with Gasteiger partial charge in [-0.2, -0.15) is 0 Å². The molecule has 0 spiro atoms. The molecule has 2 aromatic rings.